The molecule has 2 rings (SSSR count). The van der Waals surface area contributed by atoms with Gasteiger partial charge in [-0.1, -0.05) is 40.7 Å². The molecule has 0 amide bonds. The summed E-state index contributed by atoms with van der Waals surface area (Å²) in [6.45, 7) is 11.4. The molecule has 0 saturated heterocycles. The molecule has 3 nitrogen and oxygen atoms in total. The number of ether oxygens (including phenoxy) is 1. The largest absolute Gasteiger partial charge is 0.432 e. The van der Waals surface area contributed by atoms with Gasteiger partial charge < -0.3 is 9.84 Å². The van der Waals surface area contributed by atoms with Crippen molar-refractivity contribution in [1.29, 1.82) is 0 Å². The Morgan fingerprint density at radius 2 is 1.96 bits per heavy atom. The number of benzene rings is 1. The Morgan fingerprint density at radius 1 is 1.35 bits per heavy atom. The predicted molar refractivity (Wildman–Crippen MR) is 87.4 cm³/mol. The van der Waals surface area contributed by atoms with E-state index < -0.39 is 22.6 Å². The normalized spacial score (nSPS) is 27.7. The average molecular weight is 322 g/mol. The number of carbonyl (C=O) groups is 1. The minimum atomic E-state index is -1.62. The molecule has 1 N–H and O–H groups in total. The van der Waals surface area contributed by atoms with Crippen LogP contribution < -0.4 is 0 Å². The zero-order valence-corrected chi connectivity index (χ0v) is 14.9. The van der Waals surface area contributed by atoms with Gasteiger partial charge in [-0.2, -0.15) is 0 Å². The number of hydrogen-bond acceptors (Lipinski definition) is 3. The van der Waals surface area contributed by atoms with Crippen molar-refractivity contribution in [1.82, 2.24) is 0 Å². The lowest BCUT2D eigenvalue weighted by atomic mass is 9.49. The number of rotatable bonds is 2. The predicted octanol–water partition coefficient (Wildman–Crippen LogP) is 3.96. The third-order valence-electron chi connectivity index (χ3n) is 5.20. The first-order valence-corrected chi connectivity index (χ1v) is 8.16. The SMILES string of the molecule is CC(=O)O[C@]1(O)CCc2cc(F)ccc2[C@@]1(C(C)C)C(C)(C)C. The maximum Gasteiger partial charge on any atom is 0.305 e. The van der Waals surface area contributed by atoms with Crippen LogP contribution in [0, 0.1) is 17.2 Å². The molecule has 0 radical (unpaired) electrons. The molecule has 4 heteroatoms. The van der Waals surface area contributed by atoms with Crippen LogP contribution in [-0.2, 0) is 21.4 Å². The van der Waals surface area contributed by atoms with Gasteiger partial charge in [0.05, 0.1) is 5.41 Å². The molecule has 128 valence electrons. The van der Waals surface area contributed by atoms with Gasteiger partial charge in [0.1, 0.15) is 5.82 Å². The molecule has 0 fully saturated rings. The Bertz CT molecular complexity index is 618. The summed E-state index contributed by atoms with van der Waals surface area (Å²) in [6.07, 6.45) is 0.736. The van der Waals surface area contributed by atoms with Crippen LogP contribution in [0.2, 0.25) is 0 Å². The van der Waals surface area contributed by atoms with E-state index in [9.17, 15) is 14.3 Å². The number of halogens is 1. The molecule has 0 bridgehead atoms. The van der Waals surface area contributed by atoms with E-state index >= 15 is 0 Å². The number of hydrogen-bond donors (Lipinski definition) is 1. The van der Waals surface area contributed by atoms with Crippen LogP contribution in [0.5, 0.6) is 0 Å². The summed E-state index contributed by atoms with van der Waals surface area (Å²) in [6, 6.07) is 4.69. The van der Waals surface area contributed by atoms with Crippen molar-refractivity contribution >= 4 is 5.97 Å². The molecule has 0 aliphatic heterocycles. The van der Waals surface area contributed by atoms with Crippen LogP contribution in [0.4, 0.5) is 4.39 Å². The second-order valence-corrected chi connectivity index (χ2v) is 7.89. The number of fused-ring (bicyclic) bond motifs is 1. The van der Waals surface area contributed by atoms with Crippen molar-refractivity contribution in [2.24, 2.45) is 11.3 Å². The van der Waals surface area contributed by atoms with E-state index in [0.717, 1.165) is 11.1 Å². The highest BCUT2D eigenvalue weighted by Gasteiger charge is 2.64. The van der Waals surface area contributed by atoms with Crippen LogP contribution in [0.25, 0.3) is 0 Å². The Labute approximate surface area is 137 Å². The maximum absolute atomic E-state index is 13.7. The van der Waals surface area contributed by atoms with Crippen LogP contribution in [0.15, 0.2) is 18.2 Å². The van der Waals surface area contributed by atoms with Gasteiger partial charge in [-0.15, -0.1) is 0 Å². The summed E-state index contributed by atoms with van der Waals surface area (Å²) in [5, 5.41) is 11.4. The smallest absolute Gasteiger partial charge is 0.305 e. The number of aryl methyl sites for hydroxylation is 1. The quantitative estimate of drug-likeness (QED) is 0.662. The Morgan fingerprint density at radius 3 is 2.43 bits per heavy atom. The van der Waals surface area contributed by atoms with Gasteiger partial charge >= 0.3 is 5.97 Å². The molecule has 0 aromatic heterocycles. The molecule has 23 heavy (non-hydrogen) atoms. The monoisotopic (exact) mass is 322 g/mol. The highest BCUT2D eigenvalue weighted by atomic mass is 19.1. The van der Waals surface area contributed by atoms with E-state index in [1.54, 1.807) is 6.07 Å². The Hall–Kier alpha value is -1.42. The lowest BCUT2D eigenvalue weighted by Gasteiger charge is -2.59. The summed E-state index contributed by atoms with van der Waals surface area (Å²) in [5.74, 6) is -2.42. The second-order valence-electron chi connectivity index (χ2n) is 7.89. The lowest BCUT2D eigenvalue weighted by Crippen LogP contribution is -2.65. The third kappa shape index (κ3) is 2.57. The molecule has 0 spiro atoms. The van der Waals surface area contributed by atoms with Crippen molar-refractivity contribution in [3.8, 4) is 0 Å². The summed E-state index contributed by atoms with van der Waals surface area (Å²) in [5.41, 5.74) is 0.521. The first kappa shape index (κ1) is 17.9. The van der Waals surface area contributed by atoms with E-state index in [-0.39, 0.29) is 18.2 Å². The molecule has 1 aromatic rings. The molecule has 2 atom stereocenters. The topological polar surface area (TPSA) is 46.5 Å². The fourth-order valence-electron chi connectivity index (χ4n) is 4.85. The lowest BCUT2D eigenvalue weighted by molar-refractivity contribution is -0.273. The number of aliphatic hydroxyl groups is 1. The molecule has 0 saturated carbocycles. The molecule has 0 heterocycles. The van der Waals surface area contributed by atoms with Crippen LogP contribution in [0.1, 0.15) is 59.1 Å². The molecular formula is C19H27FO3. The first-order valence-electron chi connectivity index (χ1n) is 8.16. The van der Waals surface area contributed by atoms with Crippen molar-refractivity contribution < 1.29 is 19.0 Å². The maximum atomic E-state index is 13.7. The number of carbonyl (C=O) groups excluding carboxylic acids is 1. The molecular weight excluding hydrogens is 295 g/mol. The van der Waals surface area contributed by atoms with Gasteiger partial charge in [-0.25, -0.2) is 4.39 Å². The van der Waals surface area contributed by atoms with Gasteiger partial charge in [-0.05, 0) is 41.0 Å². The summed E-state index contributed by atoms with van der Waals surface area (Å²) < 4.78 is 19.2. The standard InChI is InChI=1S/C19H27FO3/c1-12(2)19(17(4,5)6)16-8-7-15(20)11-14(16)9-10-18(19,22)23-13(3)21/h7-8,11-12,22H,9-10H2,1-6H3/t18-,19+/m1/s1. The Kier molecular flexibility index (Phi) is 4.35. The number of esters is 1. The van der Waals surface area contributed by atoms with E-state index in [0.29, 0.717) is 6.42 Å². The van der Waals surface area contributed by atoms with Crippen LogP contribution in [-0.4, -0.2) is 16.9 Å². The summed E-state index contributed by atoms with van der Waals surface area (Å²) in [7, 11) is 0. The van der Waals surface area contributed by atoms with Crippen LogP contribution >= 0.6 is 0 Å². The van der Waals surface area contributed by atoms with E-state index in [1.807, 2.05) is 34.6 Å². The average Bonchev–Trinajstić information content (AvgIpc) is 2.35. The zero-order chi connectivity index (χ0) is 17.6. The van der Waals surface area contributed by atoms with E-state index in [1.165, 1.54) is 19.1 Å². The third-order valence-corrected chi connectivity index (χ3v) is 5.20. The van der Waals surface area contributed by atoms with Gasteiger partial charge in [0.15, 0.2) is 0 Å². The van der Waals surface area contributed by atoms with Crippen molar-refractivity contribution in [2.75, 3.05) is 0 Å². The highest BCUT2D eigenvalue weighted by molar-refractivity contribution is 5.67. The van der Waals surface area contributed by atoms with Crippen LogP contribution in [0.3, 0.4) is 0 Å². The van der Waals surface area contributed by atoms with Crippen molar-refractivity contribution in [3.63, 3.8) is 0 Å². The first-order chi connectivity index (χ1) is 10.5. The highest BCUT2D eigenvalue weighted by Crippen LogP contribution is 2.59. The Balaban J connectivity index is 2.83. The second kappa shape index (κ2) is 5.59. The fraction of sp³-hybridized carbons (Fsp3) is 0.632. The molecule has 1 aromatic carbocycles. The molecule has 0 unspecified atom stereocenters. The molecule has 1 aliphatic carbocycles. The van der Waals surface area contributed by atoms with Gasteiger partial charge in [0, 0.05) is 13.3 Å². The zero-order valence-electron chi connectivity index (χ0n) is 14.9. The summed E-state index contributed by atoms with van der Waals surface area (Å²) >= 11 is 0. The van der Waals surface area contributed by atoms with E-state index in [4.69, 9.17) is 4.74 Å². The van der Waals surface area contributed by atoms with Gasteiger partial charge in [-0.3, -0.25) is 4.79 Å². The van der Waals surface area contributed by atoms with Gasteiger partial charge in [0.25, 0.3) is 0 Å². The van der Waals surface area contributed by atoms with Gasteiger partial charge in [0.2, 0.25) is 5.79 Å². The fourth-order valence-corrected chi connectivity index (χ4v) is 4.85. The molecule has 1 aliphatic rings. The van der Waals surface area contributed by atoms with E-state index in [2.05, 4.69) is 0 Å². The minimum Gasteiger partial charge on any atom is -0.432 e. The van der Waals surface area contributed by atoms with Crippen molar-refractivity contribution in [2.45, 2.75) is 65.6 Å². The van der Waals surface area contributed by atoms with Crippen molar-refractivity contribution in [3.05, 3.63) is 35.1 Å². The summed E-state index contributed by atoms with van der Waals surface area (Å²) in [4.78, 5) is 11.7. The minimum absolute atomic E-state index is 0.0173.